The second kappa shape index (κ2) is 12.0. The summed E-state index contributed by atoms with van der Waals surface area (Å²) < 4.78 is 14.8. The predicted molar refractivity (Wildman–Crippen MR) is 143 cm³/mol. The van der Waals surface area contributed by atoms with Crippen molar-refractivity contribution in [2.24, 2.45) is 0 Å². The Morgan fingerprint density at radius 3 is 2.44 bits per heavy atom. The van der Waals surface area contributed by atoms with Gasteiger partial charge in [0, 0.05) is 43.7 Å². The lowest BCUT2D eigenvalue weighted by Gasteiger charge is -2.35. The maximum atomic E-state index is 13.4. The van der Waals surface area contributed by atoms with E-state index >= 15 is 0 Å². The Hall–Kier alpha value is -3.67. The van der Waals surface area contributed by atoms with Gasteiger partial charge in [0.1, 0.15) is 18.1 Å². The van der Waals surface area contributed by atoms with Crippen LogP contribution in [0.25, 0.3) is 5.69 Å². The van der Waals surface area contributed by atoms with Crippen LogP contribution in [0.1, 0.15) is 41.1 Å². The highest BCUT2D eigenvalue weighted by atomic mass is 19.1. The molecule has 3 aromatic rings. The van der Waals surface area contributed by atoms with E-state index in [0.717, 1.165) is 30.8 Å². The zero-order valence-electron chi connectivity index (χ0n) is 21.9. The lowest BCUT2D eigenvalue weighted by Crippen LogP contribution is -2.54. The molecule has 2 amide bonds. The van der Waals surface area contributed by atoms with Crippen molar-refractivity contribution in [2.75, 3.05) is 33.2 Å². The van der Waals surface area contributed by atoms with Crippen LogP contribution >= 0.6 is 0 Å². The van der Waals surface area contributed by atoms with E-state index in [0.29, 0.717) is 25.1 Å². The number of benzene rings is 2. The highest BCUT2D eigenvalue weighted by Crippen LogP contribution is 2.41. The van der Waals surface area contributed by atoms with Crippen LogP contribution < -0.4 is 10.6 Å². The Bertz CT molecular complexity index is 1250. The second-order valence-electron chi connectivity index (χ2n) is 10.3. The second-order valence-corrected chi connectivity index (χ2v) is 10.3. The minimum atomic E-state index is -0.831. The van der Waals surface area contributed by atoms with Gasteiger partial charge in [0.2, 0.25) is 5.91 Å². The van der Waals surface area contributed by atoms with Crippen LogP contribution in [0.5, 0.6) is 0 Å². The van der Waals surface area contributed by atoms with E-state index in [1.54, 1.807) is 58.4 Å². The van der Waals surface area contributed by atoms with Crippen molar-refractivity contribution in [1.29, 1.82) is 0 Å². The molecule has 206 valence electrons. The topological polar surface area (TPSA) is 116 Å². The zero-order valence-corrected chi connectivity index (χ0v) is 21.9. The molecule has 1 saturated carbocycles. The van der Waals surface area contributed by atoms with E-state index in [2.05, 4.69) is 25.8 Å². The smallest absolute Gasteiger partial charge is 0.251 e. The van der Waals surface area contributed by atoms with Crippen LogP contribution in [0.3, 0.4) is 0 Å². The van der Waals surface area contributed by atoms with Crippen LogP contribution in [-0.2, 0) is 4.79 Å². The minimum Gasteiger partial charge on any atom is -0.379 e. The number of likely N-dealkylation sites (N-methyl/N-ethyl adjacent to an activating group) is 1. The lowest BCUT2D eigenvalue weighted by atomic mass is 10.1. The molecule has 1 aliphatic heterocycles. The van der Waals surface area contributed by atoms with Crippen molar-refractivity contribution >= 4 is 11.8 Å². The molecule has 2 aliphatic rings. The molecule has 2 aromatic carbocycles. The molecular formula is C28H34FN7O3. The van der Waals surface area contributed by atoms with Crippen LogP contribution in [0.2, 0.25) is 0 Å². The molecule has 0 unspecified atom stereocenters. The standard InChI is InChI=1S/C28H34FN7O3/c1-34-14-16-35(17-15-34)28(39)24(32-27(38)20-4-8-22(9-5-20)36-13-12-30-33-36)10-11-26(37)31-25-18-23(25)19-2-6-21(29)7-3-19/h2-9,12-13,23-26,31,37H,10-11,14-18H2,1H3,(H,32,38)/t23-,24-,25+,26-/m0/s1. The number of aromatic nitrogens is 3. The maximum absolute atomic E-state index is 13.4. The first-order chi connectivity index (χ1) is 18.9. The summed E-state index contributed by atoms with van der Waals surface area (Å²) in [7, 11) is 2.02. The summed E-state index contributed by atoms with van der Waals surface area (Å²) in [4.78, 5) is 30.5. The Labute approximate surface area is 226 Å². The van der Waals surface area contributed by atoms with E-state index < -0.39 is 12.3 Å². The van der Waals surface area contributed by atoms with E-state index in [1.165, 1.54) is 12.1 Å². The molecule has 0 bridgehead atoms. The van der Waals surface area contributed by atoms with Gasteiger partial charge in [0.15, 0.2) is 0 Å². The quantitative estimate of drug-likeness (QED) is 0.337. The van der Waals surface area contributed by atoms with Crippen LogP contribution in [0.15, 0.2) is 60.9 Å². The van der Waals surface area contributed by atoms with Crippen molar-refractivity contribution in [2.45, 2.75) is 43.5 Å². The third-order valence-electron chi connectivity index (χ3n) is 7.46. The third-order valence-corrected chi connectivity index (χ3v) is 7.46. The molecule has 0 spiro atoms. The Morgan fingerprint density at radius 2 is 1.77 bits per heavy atom. The fourth-order valence-electron chi connectivity index (χ4n) is 4.97. The number of rotatable bonds is 10. The summed E-state index contributed by atoms with van der Waals surface area (Å²) in [5.74, 6) is -0.538. The first-order valence-electron chi connectivity index (χ1n) is 13.3. The van der Waals surface area contributed by atoms with Crippen molar-refractivity contribution < 1.29 is 19.1 Å². The molecule has 2 fully saturated rings. The molecule has 11 heteroatoms. The molecule has 10 nitrogen and oxygen atoms in total. The van der Waals surface area contributed by atoms with E-state index in [-0.39, 0.29) is 36.0 Å². The third kappa shape index (κ3) is 6.86. The Kier molecular flexibility index (Phi) is 8.30. The van der Waals surface area contributed by atoms with Gasteiger partial charge in [-0.3, -0.25) is 14.9 Å². The summed E-state index contributed by atoms with van der Waals surface area (Å²) in [6.07, 6.45) is 3.89. The number of halogens is 1. The first-order valence-corrected chi connectivity index (χ1v) is 13.3. The Morgan fingerprint density at radius 1 is 1.05 bits per heavy atom. The number of amides is 2. The highest BCUT2D eigenvalue weighted by molar-refractivity contribution is 5.97. The number of hydrogen-bond acceptors (Lipinski definition) is 7. The molecule has 4 atom stereocenters. The number of carbonyl (C=O) groups is 2. The van der Waals surface area contributed by atoms with Crippen LogP contribution in [0.4, 0.5) is 4.39 Å². The van der Waals surface area contributed by atoms with Gasteiger partial charge in [-0.05, 0) is 68.3 Å². The SMILES string of the molecule is CN1CCN(C(=O)[C@H](CC[C@H](O)N[C@@H]2C[C@H]2c2ccc(F)cc2)NC(=O)c2ccc(-n3ccnn3)cc2)CC1. The molecule has 1 aliphatic carbocycles. The van der Waals surface area contributed by atoms with Crippen molar-refractivity contribution in [3.63, 3.8) is 0 Å². The van der Waals surface area contributed by atoms with E-state index in [9.17, 15) is 19.1 Å². The zero-order chi connectivity index (χ0) is 27.4. The normalized spacial score (nSPS) is 20.8. The van der Waals surface area contributed by atoms with Crippen molar-refractivity contribution in [1.82, 2.24) is 35.4 Å². The number of aliphatic hydroxyl groups is 1. The van der Waals surface area contributed by atoms with Gasteiger partial charge in [-0.25, -0.2) is 9.07 Å². The van der Waals surface area contributed by atoms with Gasteiger partial charge in [-0.1, -0.05) is 17.3 Å². The average molecular weight is 536 g/mol. The molecular weight excluding hydrogens is 501 g/mol. The summed E-state index contributed by atoms with van der Waals surface area (Å²) in [5.41, 5.74) is 2.22. The molecule has 5 rings (SSSR count). The molecule has 3 N–H and O–H groups in total. The van der Waals surface area contributed by atoms with Gasteiger partial charge >= 0.3 is 0 Å². The minimum absolute atomic E-state index is 0.0929. The lowest BCUT2D eigenvalue weighted by molar-refractivity contribution is -0.135. The number of piperazine rings is 1. The largest absolute Gasteiger partial charge is 0.379 e. The predicted octanol–water partition coefficient (Wildman–Crippen LogP) is 1.52. The molecule has 1 saturated heterocycles. The van der Waals surface area contributed by atoms with Gasteiger partial charge in [0.05, 0.1) is 18.1 Å². The number of carbonyl (C=O) groups excluding carboxylic acids is 2. The number of hydrogen-bond donors (Lipinski definition) is 3. The van der Waals surface area contributed by atoms with Crippen molar-refractivity contribution in [3.05, 3.63) is 77.9 Å². The van der Waals surface area contributed by atoms with Gasteiger partial charge in [-0.2, -0.15) is 0 Å². The van der Waals surface area contributed by atoms with Gasteiger partial charge in [0.25, 0.3) is 5.91 Å². The van der Waals surface area contributed by atoms with Crippen LogP contribution in [0, 0.1) is 5.82 Å². The van der Waals surface area contributed by atoms with E-state index in [1.807, 2.05) is 7.05 Å². The highest BCUT2D eigenvalue weighted by Gasteiger charge is 2.39. The monoisotopic (exact) mass is 535 g/mol. The van der Waals surface area contributed by atoms with Crippen molar-refractivity contribution in [3.8, 4) is 5.69 Å². The maximum Gasteiger partial charge on any atom is 0.251 e. The summed E-state index contributed by atoms with van der Waals surface area (Å²) in [6.45, 7) is 2.73. The van der Waals surface area contributed by atoms with Gasteiger partial charge < -0.3 is 20.2 Å². The average Bonchev–Trinajstić information content (AvgIpc) is 3.48. The Balaban J connectivity index is 1.19. The molecule has 1 aromatic heterocycles. The fraction of sp³-hybridized carbons (Fsp3) is 0.429. The van der Waals surface area contributed by atoms with Crippen LogP contribution in [-0.4, -0.2) is 93.3 Å². The summed E-state index contributed by atoms with van der Waals surface area (Å²) in [6, 6.07) is 12.7. The number of aliphatic hydroxyl groups excluding tert-OH is 1. The molecule has 2 heterocycles. The fourth-order valence-corrected chi connectivity index (χ4v) is 4.97. The van der Waals surface area contributed by atoms with Gasteiger partial charge in [-0.15, -0.1) is 5.10 Å². The first kappa shape index (κ1) is 26.9. The summed E-state index contributed by atoms with van der Waals surface area (Å²) >= 11 is 0. The van der Waals surface area contributed by atoms with E-state index in [4.69, 9.17) is 0 Å². The molecule has 0 radical (unpaired) electrons. The molecule has 39 heavy (non-hydrogen) atoms. The number of nitrogens with zero attached hydrogens (tertiary/aromatic N) is 5. The summed E-state index contributed by atoms with van der Waals surface area (Å²) in [5, 5.41) is 24.5. The number of nitrogens with one attached hydrogen (secondary N) is 2.